The van der Waals surface area contributed by atoms with E-state index in [1.165, 1.54) is 0 Å². The second kappa shape index (κ2) is 7.51. The minimum Gasteiger partial charge on any atom is -0.492 e. The molecular formula is C14H22BN2O2. The molecule has 1 fully saturated rings. The molecule has 0 spiro atoms. The maximum absolute atomic E-state index is 5.57. The lowest BCUT2D eigenvalue weighted by Crippen LogP contribution is -2.36. The van der Waals surface area contributed by atoms with Crippen LogP contribution in [0.1, 0.15) is 26.2 Å². The molecule has 1 aromatic heterocycles. The predicted molar refractivity (Wildman–Crippen MR) is 77.2 cm³/mol. The van der Waals surface area contributed by atoms with Crippen molar-refractivity contribution in [2.24, 2.45) is 5.73 Å². The maximum Gasteiger partial charge on any atom is 0.181 e. The van der Waals surface area contributed by atoms with E-state index in [0.29, 0.717) is 25.1 Å². The first-order valence-electron chi connectivity index (χ1n) is 7.07. The molecule has 1 aliphatic rings. The van der Waals surface area contributed by atoms with Crippen LogP contribution in [-0.4, -0.2) is 38.1 Å². The number of nitrogens with zero attached hydrogens (tertiary/aromatic N) is 1. The first-order chi connectivity index (χ1) is 9.31. The van der Waals surface area contributed by atoms with Crippen LogP contribution in [0, 0.1) is 0 Å². The smallest absolute Gasteiger partial charge is 0.181 e. The Morgan fingerprint density at radius 1 is 1.37 bits per heavy atom. The third-order valence-corrected chi connectivity index (χ3v) is 3.24. The normalized spacial score (nSPS) is 21.8. The van der Waals surface area contributed by atoms with Crippen molar-refractivity contribution in [2.45, 2.75) is 38.1 Å². The number of hydrogen-bond acceptors (Lipinski definition) is 4. The van der Waals surface area contributed by atoms with Gasteiger partial charge in [-0.3, -0.25) is 4.98 Å². The van der Waals surface area contributed by atoms with Crippen LogP contribution in [-0.2, 0) is 4.74 Å². The SMILES string of the molecule is CCCOc1ccc([B]C2CC(OCCN)C2)nc1. The minimum atomic E-state index is 0.386. The monoisotopic (exact) mass is 261 g/mol. The van der Waals surface area contributed by atoms with Crippen LogP contribution in [0.25, 0.3) is 0 Å². The van der Waals surface area contributed by atoms with Crippen molar-refractivity contribution in [3.63, 3.8) is 0 Å². The van der Waals surface area contributed by atoms with Gasteiger partial charge in [0, 0.05) is 6.54 Å². The summed E-state index contributed by atoms with van der Waals surface area (Å²) >= 11 is 0. The number of pyridine rings is 1. The fraction of sp³-hybridized carbons (Fsp3) is 0.643. The zero-order valence-corrected chi connectivity index (χ0v) is 11.5. The molecule has 0 bridgehead atoms. The Morgan fingerprint density at radius 2 is 2.21 bits per heavy atom. The van der Waals surface area contributed by atoms with Gasteiger partial charge in [-0.05, 0) is 37.0 Å². The van der Waals surface area contributed by atoms with Crippen LogP contribution in [0.2, 0.25) is 5.82 Å². The molecule has 1 saturated carbocycles. The van der Waals surface area contributed by atoms with Gasteiger partial charge in [0.15, 0.2) is 7.28 Å². The van der Waals surface area contributed by atoms with Gasteiger partial charge in [-0.25, -0.2) is 0 Å². The molecule has 2 N–H and O–H groups in total. The quantitative estimate of drug-likeness (QED) is 0.712. The van der Waals surface area contributed by atoms with Crippen LogP contribution in [0.15, 0.2) is 18.3 Å². The summed E-state index contributed by atoms with van der Waals surface area (Å²) in [4.78, 5) is 4.40. The van der Waals surface area contributed by atoms with Gasteiger partial charge in [0.2, 0.25) is 0 Å². The fourth-order valence-corrected chi connectivity index (χ4v) is 2.15. The van der Waals surface area contributed by atoms with E-state index in [1.807, 2.05) is 12.1 Å². The predicted octanol–water partition coefficient (Wildman–Crippen LogP) is 1.13. The zero-order valence-electron chi connectivity index (χ0n) is 11.5. The second-order valence-corrected chi connectivity index (χ2v) is 4.95. The van der Waals surface area contributed by atoms with E-state index in [0.717, 1.165) is 37.2 Å². The van der Waals surface area contributed by atoms with E-state index < -0.39 is 0 Å². The summed E-state index contributed by atoms with van der Waals surface area (Å²) in [5.41, 5.74) is 6.43. The molecule has 1 aliphatic carbocycles. The molecule has 1 aromatic rings. The van der Waals surface area contributed by atoms with Gasteiger partial charge < -0.3 is 15.2 Å². The summed E-state index contributed by atoms with van der Waals surface area (Å²) in [5, 5.41) is 0. The summed E-state index contributed by atoms with van der Waals surface area (Å²) in [7, 11) is 2.21. The van der Waals surface area contributed by atoms with Crippen LogP contribution in [0.3, 0.4) is 0 Å². The van der Waals surface area contributed by atoms with Crippen molar-refractivity contribution in [1.82, 2.24) is 4.98 Å². The molecular weight excluding hydrogens is 239 g/mol. The highest BCUT2D eigenvalue weighted by molar-refractivity contribution is 6.54. The number of aromatic nitrogens is 1. The summed E-state index contributed by atoms with van der Waals surface area (Å²) in [6, 6.07) is 3.99. The molecule has 0 atom stereocenters. The van der Waals surface area contributed by atoms with Gasteiger partial charge in [0.1, 0.15) is 5.75 Å². The van der Waals surface area contributed by atoms with Crippen molar-refractivity contribution in [3.8, 4) is 5.75 Å². The third kappa shape index (κ3) is 4.51. The molecule has 2 rings (SSSR count). The number of nitrogens with two attached hydrogens (primary N) is 1. The number of hydrogen-bond donors (Lipinski definition) is 1. The molecule has 0 aromatic carbocycles. The van der Waals surface area contributed by atoms with Crippen LogP contribution in [0.5, 0.6) is 5.75 Å². The van der Waals surface area contributed by atoms with Crippen molar-refractivity contribution < 1.29 is 9.47 Å². The van der Waals surface area contributed by atoms with E-state index >= 15 is 0 Å². The highest BCUT2D eigenvalue weighted by atomic mass is 16.5. The van der Waals surface area contributed by atoms with Crippen LogP contribution in [0.4, 0.5) is 0 Å². The summed E-state index contributed by atoms with van der Waals surface area (Å²) < 4.78 is 11.1. The summed E-state index contributed by atoms with van der Waals surface area (Å²) in [6.45, 7) is 4.10. The van der Waals surface area contributed by atoms with E-state index in [4.69, 9.17) is 15.2 Å². The molecule has 0 saturated heterocycles. The molecule has 0 unspecified atom stereocenters. The largest absolute Gasteiger partial charge is 0.492 e. The highest BCUT2D eigenvalue weighted by Gasteiger charge is 2.30. The Morgan fingerprint density at radius 3 is 2.84 bits per heavy atom. The Labute approximate surface area is 115 Å². The van der Waals surface area contributed by atoms with Gasteiger partial charge >= 0.3 is 0 Å². The van der Waals surface area contributed by atoms with Crippen LogP contribution < -0.4 is 16.1 Å². The van der Waals surface area contributed by atoms with Crippen molar-refractivity contribution in [2.75, 3.05) is 19.8 Å². The zero-order chi connectivity index (χ0) is 13.5. The molecule has 103 valence electrons. The van der Waals surface area contributed by atoms with E-state index in [-0.39, 0.29) is 0 Å². The van der Waals surface area contributed by atoms with Gasteiger partial charge in [0.05, 0.1) is 25.5 Å². The average molecular weight is 261 g/mol. The van der Waals surface area contributed by atoms with Gasteiger partial charge in [-0.2, -0.15) is 0 Å². The van der Waals surface area contributed by atoms with Crippen molar-refractivity contribution >= 4 is 12.9 Å². The number of ether oxygens (including phenoxy) is 2. The molecule has 0 aliphatic heterocycles. The summed E-state index contributed by atoms with van der Waals surface area (Å²) in [6.07, 6.45) is 5.35. The van der Waals surface area contributed by atoms with Gasteiger partial charge in [-0.15, -0.1) is 0 Å². The molecule has 4 nitrogen and oxygen atoms in total. The summed E-state index contributed by atoms with van der Waals surface area (Å²) in [5.74, 6) is 1.43. The first kappa shape index (κ1) is 14.3. The van der Waals surface area contributed by atoms with E-state index in [9.17, 15) is 0 Å². The molecule has 5 heteroatoms. The van der Waals surface area contributed by atoms with Crippen molar-refractivity contribution in [1.29, 1.82) is 0 Å². The van der Waals surface area contributed by atoms with Crippen LogP contribution >= 0.6 is 0 Å². The molecule has 0 amide bonds. The fourth-order valence-electron chi connectivity index (χ4n) is 2.15. The third-order valence-electron chi connectivity index (χ3n) is 3.24. The van der Waals surface area contributed by atoms with E-state index in [1.54, 1.807) is 6.20 Å². The molecule has 1 radical (unpaired) electrons. The van der Waals surface area contributed by atoms with Gasteiger partial charge in [-0.1, -0.05) is 12.7 Å². The lowest BCUT2D eigenvalue weighted by Gasteiger charge is -2.34. The lowest BCUT2D eigenvalue weighted by atomic mass is 9.52. The first-order valence-corrected chi connectivity index (χ1v) is 7.07. The standard InChI is InChI=1S/C14H22BN2O2/c1-2-6-18-12-3-4-14(17-10-12)15-11-8-13(9-11)19-7-5-16/h3-4,10-11,13H,2,5-9,16H2,1H3. The van der Waals surface area contributed by atoms with E-state index in [2.05, 4.69) is 19.2 Å². The second-order valence-electron chi connectivity index (χ2n) is 4.95. The molecule has 19 heavy (non-hydrogen) atoms. The lowest BCUT2D eigenvalue weighted by molar-refractivity contribution is 0.00720. The Bertz CT molecular complexity index is 366. The topological polar surface area (TPSA) is 57.4 Å². The van der Waals surface area contributed by atoms with Gasteiger partial charge in [0.25, 0.3) is 0 Å². The number of rotatable bonds is 8. The molecule has 1 heterocycles. The minimum absolute atomic E-state index is 0.386. The van der Waals surface area contributed by atoms with Crippen molar-refractivity contribution in [3.05, 3.63) is 18.3 Å². The maximum atomic E-state index is 5.57. The Balaban J connectivity index is 1.69. The Kier molecular flexibility index (Phi) is 5.67. The highest BCUT2D eigenvalue weighted by Crippen LogP contribution is 2.34. The average Bonchev–Trinajstić information content (AvgIpc) is 2.40. The Hall–Kier alpha value is -1.07.